The number of benzene rings is 2. The van der Waals surface area contributed by atoms with Gasteiger partial charge in [0.2, 0.25) is 0 Å². The Kier molecular flexibility index (Phi) is 6.89. The van der Waals surface area contributed by atoms with Crippen LogP contribution in [0, 0.1) is 0 Å². The van der Waals surface area contributed by atoms with Crippen LogP contribution in [0.25, 0.3) is 6.08 Å². The Morgan fingerprint density at radius 2 is 1.80 bits per heavy atom. The SMILES string of the molecule is CC=Cc1ccc(OCC(=O)Nc2cccc(NC(=O)c3ccco3)c2)c(OC)c1. The number of anilines is 2. The molecule has 0 unspecified atom stereocenters. The van der Waals surface area contributed by atoms with Crippen LogP contribution in [0.2, 0.25) is 0 Å². The fourth-order valence-electron chi connectivity index (χ4n) is 2.72. The van der Waals surface area contributed by atoms with Gasteiger partial charge in [0.05, 0.1) is 13.4 Å². The maximum absolute atomic E-state index is 12.3. The number of hydrogen-bond acceptors (Lipinski definition) is 5. The molecule has 0 bridgehead atoms. The van der Waals surface area contributed by atoms with Crippen LogP contribution < -0.4 is 20.1 Å². The molecule has 1 heterocycles. The third-order valence-electron chi connectivity index (χ3n) is 4.05. The van der Waals surface area contributed by atoms with E-state index in [9.17, 15) is 9.59 Å². The first-order valence-electron chi connectivity index (χ1n) is 9.27. The summed E-state index contributed by atoms with van der Waals surface area (Å²) in [5.41, 5.74) is 2.02. The van der Waals surface area contributed by atoms with Crippen molar-refractivity contribution in [2.24, 2.45) is 0 Å². The number of hydrogen-bond donors (Lipinski definition) is 2. The average Bonchev–Trinajstić information content (AvgIpc) is 3.28. The van der Waals surface area contributed by atoms with Crippen molar-refractivity contribution < 1.29 is 23.5 Å². The molecule has 0 spiro atoms. The Morgan fingerprint density at radius 1 is 1.00 bits per heavy atom. The number of furan rings is 1. The van der Waals surface area contributed by atoms with E-state index in [1.807, 2.05) is 31.2 Å². The topological polar surface area (TPSA) is 89.8 Å². The van der Waals surface area contributed by atoms with E-state index in [2.05, 4.69) is 10.6 Å². The van der Waals surface area contributed by atoms with Gasteiger partial charge in [-0.05, 0) is 55.0 Å². The van der Waals surface area contributed by atoms with Crippen molar-refractivity contribution in [2.45, 2.75) is 6.92 Å². The van der Waals surface area contributed by atoms with Gasteiger partial charge in [-0.1, -0.05) is 24.3 Å². The zero-order valence-corrected chi connectivity index (χ0v) is 16.7. The zero-order chi connectivity index (χ0) is 21.3. The first-order chi connectivity index (χ1) is 14.6. The molecule has 2 amide bonds. The van der Waals surface area contributed by atoms with Crippen LogP contribution in [-0.2, 0) is 4.79 Å². The Bertz CT molecular complexity index is 1040. The summed E-state index contributed by atoms with van der Waals surface area (Å²) in [5, 5.41) is 5.45. The lowest BCUT2D eigenvalue weighted by Crippen LogP contribution is -2.20. The van der Waals surface area contributed by atoms with Gasteiger partial charge >= 0.3 is 0 Å². The van der Waals surface area contributed by atoms with Crippen molar-refractivity contribution in [3.8, 4) is 11.5 Å². The number of ether oxygens (including phenoxy) is 2. The minimum absolute atomic E-state index is 0.192. The van der Waals surface area contributed by atoms with Crippen molar-refractivity contribution in [1.82, 2.24) is 0 Å². The molecular weight excluding hydrogens is 384 g/mol. The van der Waals surface area contributed by atoms with Crippen molar-refractivity contribution in [3.63, 3.8) is 0 Å². The fourth-order valence-corrected chi connectivity index (χ4v) is 2.72. The van der Waals surface area contributed by atoms with Crippen LogP contribution in [0.4, 0.5) is 11.4 Å². The van der Waals surface area contributed by atoms with E-state index in [0.717, 1.165) is 5.56 Å². The number of methoxy groups -OCH3 is 1. The quantitative estimate of drug-likeness (QED) is 0.571. The third kappa shape index (κ3) is 5.51. The molecule has 3 aromatic rings. The molecule has 7 heteroatoms. The van der Waals surface area contributed by atoms with Crippen molar-refractivity contribution in [2.75, 3.05) is 24.4 Å². The van der Waals surface area contributed by atoms with Gasteiger partial charge in [-0.25, -0.2) is 0 Å². The summed E-state index contributed by atoms with van der Waals surface area (Å²) < 4.78 is 16.0. The van der Waals surface area contributed by atoms with Crippen LogP contribution in [0.1, 0.15) is 23.0 Å². The highest BCUT2D eigenvalue weighted by Gasteiger charge is 2.11. The fraction of sp³-hybridized carbons (Fsp3) is 0.130. The van der Waals surface area contributed by atoms with Gasteiger partial charge < -0.3 is 24.5 Å². The molecule has 0 saturated heterocycles. The highest BCUT2D eigenvalue weighted by molar-refractivity contribution is 6.02. The summed E-state index contributed by atoms with van der Waals surface area (Å²) in [6.45, 7) is 1.74. The molecule has 0 atom stereocenters. The maximum Gasteiger partial charge on any atom is 0.291 e. The van der Waals surface area contributed by atoms with E-state index in [1.165, 1.54) is 6.26 Å². The number of nitrogens with one attached hydrogen (secondary N) is 2. The van der Waals surface area contributed by atoms with E-state index in [-0.39, 0.29) is 24.2 Å². The number of carbonyl (C=O) groups excluding carboxylic acids is 2. The standard InChI is InChI=1S/C23H22N2O5/c1-3-6-16-10-11-19(21(13-16)28-2)30-15-22(26)24-17-7-4-8-18(14-17)25-23(27)20-9-5-12-29-20/h3-14H,15H2,1-2H3,(H,24,26)(H,25,27). The molecule has 0 aliphatic heterocycles. The number of amides is 2. The molecule has 0 radical (unpaired) electrons. The molecule has 2 N–H and O–H groups in total. The van der Waals surface area contributed by atoms with Gasteiger partial charge in [0, 0.05) is 11.4 Å². The van der Waals surface area contributed by atoms with Gasteiger partial charge in [0.15, 0.2) is 23.9 Å². The summed E-state index contributed by atoms with van der Waals surface area (Å²) in [5.74, 6) is 0.498. The summed E-state index contributed by atoms with van der Waals surface area (Å²) >= 11 is 0. The van der Waals surface area contributed by atoms with Gasteiger partial charge in [-0.2, -0.15) is 0 Å². The zero-order valence-electron chi connectivity index (χ0n) is 16.7. The number of allylic oxidation sites excluding steroid dienone is 1. The number of carbonyl (C=O) groups is 2. The molecule has 154 valence electrons. The van der Waals surface area contributed by atoms with E-state index < -0.39 is 0 Å². The van der Waals surface area contributed by atoms with Crippen LogP contribution in [0.3, 0.4) is 0 Å². The van der Waals surface area contributed by atoms with E-state index >= 15 is 0 Å². The highest BCUT2D eigenvalue weighted by Crippen LogP contribution is 2.28. The van der Waals surface area contributed by atoms with Crippen molar-refractivity contribution in [3.05, 3.63) is 78.3 Å². The lowest BCUT2D eigenvalue weighted by molar-refractivity contribution is -0.118. The van der Waals surface area contributed by atoms with E-state index in [0.29, 0.717) is 22.9 Å². The van der Waals surface area contributed by atoms with Crippen LogP contribution in [0.5, 0.6) is 11.5 Å². The summed E-state index contributed by atoms with van der Waals surface area (Å²) in [4.78, 5) is 24.3. The van der Waals surface area contributed by atoms with Gasteiger partial charge in [-0.15, -0.1) is 0 Å². The molecule has 1 aromatic heterocycles. The van der Waals surface area contributed by atoms with Gasteiger partial charge in [0.25, 0.3) is 11.8 Å². The monoisotopic (exact) mass is 406 g/mol. The molecule has 7 nitrogen and oxygen atoms in total. The molecule has 0 aliphatic carbocycles. The molecule has 0 saturated carbocycles. The average molecular weight is 406 g/mol. The molecule has 0 fully saturated rings. The lowest BCUT2D eigenvalue weighted by atomic mass is 10.2. The van der Waals surface area contributed by atoms with Gasteiger partial charge in [-0.3, -0.25) is 9.59 Å². The molecule has 30 heavy (non-hydrogen) atoms. The van der Waals surface area contributed by atoms with Gasteiger partial charge in [0.1, 0.15) is 0 Å². The van der Waals surface area contributed by atoms with Crippen LogP contribution in [0.15, 0.2) is 71.4 Å². The van der Waals surface area contributed by atoms with Crippen molar-refractivity contribution in [1.29, 1.82) is 0 Å². The Morgan fingerprint density at radius 3 is 2.50 bits per heavy atom. The minimum atomic E-state index is -0.375. The molecule has 2 aromatic carbocycles. The summed E-state index contributed by atoms with van der Waals surface area (Å²) in [6, 6.07) is 15.5. The summed E-state index contributed by atoms with van der Waals surface area (Å²) in [6.07, 6.45) is 5.29. The highest BCUT2D eigenvalue weighted by atomic mass is 16.5. The number of rotatable bonds is 8. The molecule has 0 aliphatic rings. The van der Waals surface area contributed by atoms with Crippen LogP contribution >= 0.6 is 0 Å². The van der Waals surface area contributed by atoms with Crippen LogP contribution in [-0.4, -0.2) is 25.5 Å². The minimum Gasteiger partial charge on any atom is -0.493 e. The van der Waals surface area contributed by atoms with E-state index in [4.69, 9.17) is 13.9 Å². The third-order valence-corrected chi connectivity index (χ3v) is 4.05. The second kappa shape index (κ2) is 9.97. The lowest BCUT2D eigenvalue weighted by Gasteiger charge is -2.12. The summed E-state index contributed by atoms with van der Waals surface area (Å²) in [7, 11) is 1.55. The molecular formula is C23H22N2O5. The Balaban J connectivity index is 1.58. The Labute approximate surface area is 174 Å². The Hall–Kier alpha value is -4.00. The van der Waals surface area contributed by atoms with Crippen molar-refractivity contribution >= 4 is 29.3 Å². The first-order valence-corrected chi connectivity index (χ1v) is 9.27. The van der Waals surface area contributed by atoms with E-state index in [1.54, 1.807) is 49.6 Å². The predicted octanol–water partition coefficient (Wildman–Crippen LogP) is 4.59. The maximum atomic E-state index is 12.3. The smallest absolute Gasteiger partial charge is 0.291 e. The largest absolute Gasteiger partial charge is 0.493 e. The second-order valence-electron chi connectivity index (χ2n) is 6.26. The predicted molar refractivity (Wildman–Crippen MR) is 115 cm³/mol. The normalized spacial score (nSPS) is 10.6. The second-order valence-corrected chi connectivity index (χ2v) is 6.26. The molecule has 3 rings (SSSR count). The first kappa shape index (κ1) is 20.7.